The summed E-state index contributed by atoms with van der Waals surface area (Å²) in [7, 11) is 1.77. The number of hydrogen-bond donors (Lipinski definition) is 2. The molecule has 0 aromatic heterocycles. The summed E-state index contributed by atoms with van der Waals surface area (Å²) >= 11 is 0. The van der Waals surface area contributed by atoms with Gasteiger partial charge in [0, 0.05) is 6.54 Å². The van der Waals surface area contributed by atoms with Crippen LogP contribution in [0.1, 0.15) is 19.8 Å². The maximum absolute atomic E-state index is 12.0. The van der Waals surface area contributed by atoms with Crippen LogP contribution in [0.15, 0.2) is 0 Å². The van der Waals surface area contributed by atoms with E-state index in [1.54, 1.807) is 18.9 Å². The van der Waals surface area contributed by atoms with Crippen molar-refractivity contribution in [2.45, 2.75) is 38.0 Å². The van der Waals surface area contributed by atoms with E-state index in [0.717, 1.165) is 12.8 Å². The lowest BCUT2D eigenvalue weighted by Crippen LogP contribution is -2.64. The van der Waals surface area contributed by atoms with Gasteiger partial charge >= 0.3 is 0 Å². The van der Waals surface area contributed by atoms with Crippen molar-refractivity contribution in [3.8, 4) is 0 Å². The van der Waals surface area contributed by atoms with Crippen molar-refractivity contribution in [2.24, 2.45) is 0 Å². The minimum atomic E-state index is -0.217. The number of nitrogens with zero attached hydrogens (tertiary/aromatic N) is 1. The molecule has 2 fully saturated rings. The Morgan fingerprint density at radius 2 is 2.27 bits per heavy atom. The van der Waals surface area contributed by atoms with Crippen LogP contribution in [0.2, 0.25) is 0 Å². The highest BCUT2D eigenvalue weighted by molar-refractivity contribution is 5.91. The van der Waals surface area contributed by atoms with Crippen molar-refractivity contribution in [2.75, 3.05) is 13.6 Å². The normalized spacial score (nSPS) is 35.5. The number of fused-ring (bicyclic) bond motifs is 1. The van der Waals surface area contributed by atoms with Gasteiger partial charge in [0.1, 0.15) is 0 Å². The fraction of sp³-hybridized carbons (Fsp3) is 0.800. The zero-order valence-corrected chi connectivity index (χ0v) is 9.12. The Labute approximate surface area is 89.2 Å². The van der Waals surface area contributed by atoms with Crippen LogP contribution in [0, 0.1) is 0 Å². The van der Waals surface area contributed by atoms with Crippen molar-refractivity contribution >= 4 is 11.7 Å². The molecule has 0 bridgehead atoms. The van der Waals surface area contributed by atoms with E-state index in [4.69, 9.17) is 0 Å². The topological polar surface area (TPSA) is 61.4 Å². The number of carbonyl (C=O) groups is 2. The molecule has 0 radical (unpaired) electrons. The summed E-state index contributed by atoms with van der Waals surface area (Å²) < 4.78 is 0. The van der Waals surface area contributed by atoms with Crippen LogP contribution in [-0.4, -0.2) is 48.4 Å². The summed E-state index contributed by atoms with van der Waals surface area (Å²) in [5, 5.41) is 6.25. The first-order valence-electron chi connectivity index (χ1n) is 5.38. The molecule has 2 rings (SSSR count). The van der Waals surface area contributed by atoms with Gasteiger partial charge in [-0.05, 0) is 26.8 Å². The lowest BCUT2D eigenvalue weighted by Gasteiger charge is -2.37. The number of rotatable bonds is 2. The molecule has 15 heavy (non-hydrogen) atoms. The third-order valence-electron chi connectivity index (χ3n) is 3.31. The summed E-state index contributed by atoms with van der Waals surface area (Å²) in [6.07, 6.45) is 1.73. The highest BCUT2D eigenvalue weighted by atomic mass is 16.2. The van der Waals surface area contributed by atoms with Crippen LogP contribution in [-0.2, 0) is 9.59 Å². The average Bonchev–Trinajstić information content (AvgIpc) is 2.63. The van der Waals surface area contributed by atoms with Gasteiger partial charge < -0.3 is 10.2 Å². The molecule has 0 aromatic rings. The number of amides is 1. The van der Waals surface area contributed by atoms with Gasteiger partial charge in [0.25, 0.3) is 0 Å². The van der Waals surface area contributed by atoms with Crippen LogP contribution in [0.5, 0.6) is 0 Å². The highest BCUT2D eigenvalue weighted by Gasteiger charge is 2.44. The molecule has 84 valence electrons. The molecular weight excluding hydrogens is 194 g/mol. The Bertz CT molecular complexity index is 292. The Morgan fingerprint density at radius 1 is 1.53 bits per heavy atom. The second-order valence-electron chi connectivity index (χ2n) is 4.21. The molecule has 1 amide bonds. The number of ketones is 1. The Kier molecular flexibility index (Phi) is 2.75. The smallest absolute Gasteiger partial charge is 0.242 e. The van der Waals surface area contributed by atoms with Crippen LogP contribution in [0.25, 0.3) is 0 Å². The summed E-state index contributed by atoms with van der Waals surface area (Å²) in [6.45, 7) is 2.21. The number of Topliss-reactive ketones (excluding diaryl/α,β-unsaturated/α-hetero) is 1. The standard InChI is InChI=1S/C10H17N3O2/c1-6(14)8-3-4-9-12-5-7(11-2)10(15)13(8)9/h7-9,11-12H,3-5H2,1-2H3. The lowest BCUT2D eigenvalue weighted by atomic mass is 10.1. The molecule has 3 atom stereocenters. The number of likely N-dealkylation sites (N-methyl/N-ethyl adjacent to an activating group) is 1. The van der Waals surface area contributed by atoms with Crippen LogP contribution in [0.4, 0.5) is 0 Å². The van der Waals surface area contributed by atoms with E-state index in [1.165, 1.54) is 0 Å². The second kappa shape index (κ2) is 3.90. The summed E-state index contributed by atoms with van der Waals surface area (Å²) in [5.41, 5.74) is 0. The number of hydrogen-bond acceptors (Lipinski definition) is 4. The number of carbonyl (C=O) groups excluding carboxylic acids is 2. The third kappa shape index (κ3) is 1.66. The van der Waals surface area contributed by atoms with E-state index in [-0.39, 0.29) is 29.9 Å². The third-order valence-corrected chi connectivity index (χ3v) is 3.31. The summed E-state index contributed by atoms with van der Waals surface area (Å²) in [6, 6.07) is -0.410. The van der Waals surface area contributed by atoms with Gasteiger partial charge in [-0.25, -0.2) is 0 Å². The minimum absolute atomic E-state index is 0.0546. The molecule has 0 saturated carbocycles. The average molecular weight is 211 g/mol. The van der Waals surface area contributed by atoms with Gasteiger partial charge in [-0.2, -0.15) is 0 Å². The van der Waals surface area contributed by atoms with Crippen LogP contribution >= 0.6 is 0 Å². The van der Waals surface area contributed by atoms with E-state index in [2.05, 4.69) is 10.6 Å². The molecule has 2 N–H and O–H groups in total. The minimum Gasteiger partial charge on any atom is -0.316 e. The quantitative estimate of drug-likeness (QED) is 0.620. The van der Waals surface area contributed by atoms with Gasteiger partial charge in [-0.1, -0.05) is 0 Å². The van der Waals surface area contributed by atoms with Gasteiger partial charge in [0.2, 0.25) is 5.91 Å². The molecule has 2 aliphatic rings. The molecule has 0 aromatic carbocycles. The molecule has 5 heteroatoms. The summed E-state index contributed by atoms with van der Waals surface area (Å²) in [5.74, 6) is 0.142. The maximum atomic E-state index is 12.0. The van der Waals surface area contributed by atoms with Gasteiger partial charge in [-0.3, -0.25) is 14.9 Å². The largest absolute Gasteiger partial charge is 0.316 e. The first kappa shape index (κ1) is 10.6. The van der Waals surface area contributed by atoms with Crippen LogP contribution < -0.4 is 10.6 Å². The molecule has 5 nitrogen and oxygen atoms in total. The summed E-state index contributed by atoms with van der Waals surface area (Å²) in [4.78, 5) is 25.1. The van der Waals surface area contributed by atoms with Crippen LogP contribution in [0.3, 0.4) is 0 Å². The molecule has 3 unspecified atom stereocenters. The Hall–Kier alpha value is -0.940. The van der Waals surface area contributed by atoms with E-state index in [9.17, 15) is 9.59 Å². The van der Waals surface area contributed by atoms with Crippen molar-refractivity contribution in [3.05, 3.63) is 0 Å². The molecule has 0 aliphatic carbocycles. The molecule has 0 spiro atoms. The van der Waals surface area contributed by atoms with Crippen molar-refractivity contribution in [1.29, 1.82) is 0 Å². The van der Waals surface area contributed by atoms with Crippen molar-refractivity contribution < 1.29 is 9.59 Å². The van der Waals surface area contributed by atoms with Crippen molar-refractivity contribution in [3.63, 3.8) is 0 Å². The predicted molar refractivity (Wildman–Crippen MR) is 55.2 cm³/mol. The second-order valence-corrected chi connectivity index (χ2v) is 4.21. The monoisotopic (exact) mass is 211 g/mol. The number of nitrogens with one attached hydrogen (secondary N) is 2. The highest BCUT2D eigenvalue weighted by Crippen LogP contribution is 2.26. The van der Waals surface area contributed by atoms with E-state index in [0.29, 0.717) is 6.54 Å². The molecule has 2 saturated heterocycles. The van der Waals surface area contributed by atoms with Crippen molar-refractivity contribution in [1.82, 2.24) is 15.5 Å². The molecular formula is C10H17N3O2. The van der Waals surface area contributed by atoms with E-state index < -0.39 is 0 Å². The van der Waals surface area contributed by atoms with Gasteiger partial charge in [-0.15, -0.1) is 0 Å². The van der Waals surface area contributed by atoms with Gasteiger partial charge in [0.05, 0.1) is 18.2 Å². The molecule has 2 heterocycles. The fourth-order valence-electron chi connectivity index (χ4n) is 2.46. The zero-order chi connectivity index (χ0) is 11.0. The molecule has 2 aliphatic heterocycles. The zero-order valence-electron chi connectivity index (χ0n) is 9.12. The van der Waals surface area contributed by atoms with E-state index >= 15 is 0 Å². The lowest BCUT2D eigenvalue weighted by molar-refractivity contribution is -0.143. The van der Waals surface area contributed by atoms with E-state index in [1.807, 2.05) is 0 Å². The Morgan fingerprint density at radius 3 is 2.87 bits per heavy atom. The maximum Gasteiger partial charge on any atom is 0.242 e. The fourth-order valence-corrected chi connectivity index (χ4v) is 2.46. The predicted octanol–water partition coefficient (Wildman–Crippen LogP) is -0.916. The van der Waals surface area contributed by atoms with Gasteiger partial charge in [0.15, 0.2) is 5.78 Å². The first-order chi connectivity index (χ1) is 7.15. The first-order valence-corrected chi connectivity index (χ1v) is 5.38. The Balaban J connectivity index is 2.18. The SMILES string of the molecule is CNC1CNC2CCC(C(C)=O)N2C1=O.